The second-order valence-corrected chi connectivity index (χ2v) is 4.39. The Morgan fingerprint density at radius 1 is 1.05 bits per heavy atom. The minimum absolute atomic E-state index is 0.00107. The maximum atomic E-state index is 13.7. The van der Waals surface area contributed by atoms with E-state index in [1.807, 2.05) is 0 Å². The van der Waals surface area contributed by atoms with Crippen LogP contribution in [0.1, 0.15) is 35.6 Å². The maximum Gasteiger partial charge on any atom is 0.416 e. The van der Waals surface area contributed by atoms with Gasteiger partial charge in [0.1, 0.15) is 5.82 Å². The third-order valence-electron chi connectivity index (χ3n) is 2.81. The Kier molecular flexibility index (Phi) is 5.21. The third kappa shape index (κ3) is 4.31. The molecule has 1 aromatic carbocycles. The predicted molar refractivity (Wildman–Crippen MR) is 59.7 cm³/mol. The first-order valence-corrected chi connectivity index (χ1v) is 5.82. The fraction of sp³-hybridized carbons (Fsp3) is 0.500. The van der Waals surface area contributed by atoms with E-state index in [2.05, 4.69) is 0 Å². The fourth-order valence-corrected chi connectivity index (χ4v) is 1.85. The molecule has 9 heteroatoms. The molecule has 0 radical (unpaired) electrons. The minimum Gasteiger partial charge on any atom is -0.396 e. The quantitative estimate of drug-likeness (QED) is 0.833. The van der Waals surface area contributed by atoms with Gasteiger partial charge >= 0.3 is 12.4 Å². The molecule has 21 heavy (non-hydrogen) atoms. The molecule has 2 nitrogen and oxygen atoms in total. The normalized spacial score (nSPS) is 14.3. The average molecular weight is 319 g/mol. The van der Waals surface area contributed by atoms with Gasteiger partial charge in [0.05, 0.1) is 11.1 Å². The summed E-state index contributed by atoms with van der Waals surface area (Å²) in [6.07, 6.45) is -10.5. The minimum atomic E-state index is -5.17. The van der Waals surface area contributed by atoms with Gasteiger partial charge in [-0.2, -0.15) is 26.3 Å². The lowest BCUT2D eigenvalue weighted by Crippen LogP contribution is -2.21. The van der Waals surface area contributed by atoms with E-state index in [-0.39, 0.29) is 31.6 Å². The number of nitrogens with two attached hydrogens (primary N) is 1. The number of rotatable bonds is 4. The number of alkyl halides is 6. The summed E-state index contributed by atoms with van der Waals surface area (Å²) in [6, 6.07) is -1.63. The molecule has 0 aromatic heterocycles. The molecule has 3 N–H and O–H groups in total. The van der Waals surface area contributed by atoms with Gasteiger partial charge in [0.2, 0.25) is 0 Å². The molecule has 0 aliphatic rings. The molecule has 1 rings (SSSR count). The monoisotopic (exact) mass is 319 g/mol. The molecule has 0 saturated carbocycles. The molecule has 0 amide bonds. The summed E-state index contributed by atoms with van der Waals surface area (Å²) in [7, 11) is 0. The van der Waals surface area contributed by atoms with Gasteiger partial charge in [-0.05, 0) is 25.0 Å². The van der Waals surface area contributed by atoms with Crippen LogP contribution < -0.4 is 5.73 Å². The van der Waals surface area contributed by atoms with Gasteiger partial charge in [-0.15, -0.1) is 0 Å². The number of aliphatic hydroxyl groups is 1. The van der Waals surface area contributed by atoms with Crippen LogP contribution >= 0.6 is 0 Å². The second kappa shape index (κ2) is 6.18. The van der Waals surface area contributed by atoms with Crippen LogP contribution in [0.4, 0.5) is 30.7 Å². The maximum absolute atomic E-state index is 13.7. The van der Waals surface area contributed by atoms with E-state index >= 15 is 0 Å². The zero-order valence-corrected chi connectivity index (χ0v) is 10.5. The first-order valence-electron chi connectivity index (χ1n) is 5.82. The molecular formula is C12H12F7NO. The van der Waals surface area contributed by atoms with Crippen molar-refractivity contribution < 1.29 is 35.8 Å². The topological polar surface area (TPSA) is 46.2 Å². The van der Waals surface area contributed by atoms with E-state index in [4.69, 9.17) is 10.8 Å². The molecule has 0 heterocycles. The smallest absolute Gasteiger partial charge is 0.396 e. The van der Waals surface area contributed by atoms with Crippen LogP contribution in [0.25, 0.3) is 0 Å². The molecule has 0 unspecified atom stereocenters. The highest BCUT2D eigenvalue weighted by molar-refractivity contribution is 5.38. The lowest BCUT2D eigenvalue weighted by molar-refractivity contribution is -0.144. The van der Waals surface area contributed by atoms with Gasteiger partial charge in [-0.1, -0.05) is 0 Å². The Hall–Kier alpha value is -1.35. The number of halogens is 7. The van der Waals surface area contributed by atoms with E-state index in [0.717, 1.165) is 0 Å². The fourth-order valence-electron chi connectivity index (χ4n) is 1.85. The van der Waals surface area contributed by atoms with Crippen LogP contribution in [-0.4, -0.2) is 11.7 Å². The Morgan fingerprint density at radius 3 is 2.05 bits per heavy atom. The van der Waals surface area contributed by atoms with Crippen molar-refractivity contribution in [2.24, 2.45) is 5.73 Å². The highest BCUT2D eigenvalue weighted by Crippen LogP contribution is 2.40. The lowest BCUT2D eigenvalue weighted by atomic mass is 9.94. The molecule has 0 aliphatic heterocycles. The summed E-state index contributed by atoms with van der Waals surface area (Å²) in [5.41, 5.74) is 0.901. The largest absolute Gasteiger partial charge is 0.416 e. The van der Waals surface area contributed by atoms with Crippen molar-refractivity contribution in [3.63, 3.8) is 0 Å². The van der Waals surface area contributed by atoms with Crippen molar-refractivity contribution in [3.05, 3.63) is 34.6 Å². The van der Waals surface area contributed by atoms with Crippen molar-refractivity contribution in [1.29, 1.82) is 0 Å². The van der Waals surface area contributed by atoms with Gasteiger partial charge in [0.15, 0.2) is 0 Å². The first kappa shape index (κ1) is 17.7. The summed E-state index contributed by atoms with van der Waals surface area (Å²) >= 11 is 0. The molecule has 1 atom stereocenters. The summed E-state index contributed by atoms with van der Waals surface area (Å²) in [4.78, 5) is 0. The molecule has 0 saturated heterocycles. The molecule has 0 fully saturated rings. The van der Waals surface area contributed by atoms with E-state index < -0.39 is 40.9 Å². The van der Waals surface area contributed by atoms with Crippen LogP contribution in [0.15, 0.2) is 12.1 Å². The standard InChI is InChI=1S/C12H12F7NO/c13-8-5-6(11(14,15)16)4-7(12(17,18)19)10(8)9(20)2-1-3-21/h4-5,9,21H,1-3,20H2/t9-/m0/s1. The summed E-state index contributed by atoms with van der Waals surface area (Å²) in [6.45, 7) is -0.378. The Labute approximate surface area is 115 Å². The summed E-state index contributed by atoms with van der Waals surface area (Å²) in [5.74, 6) is -1.66. The van der Waals surface area contributed by atoms with Gasteiger partial charge in [0.25, 0.3) is 0 Å². The molecule has 0 bridgehead atoms. The number of benzene rings is 1. The summed E-state index contributed by atoms with van der Waals surface area (Å²) < 4.78 is 89.6. The van der Waals surface area contributed by atoms with Crippen LogP contribution in [0.3, 0.4) is 0 Å². The summed E-state index contributed by atoms with van der Waals surface area (Å²) in [5, 5.41) is 8.59. The Balaban J connectivity index is 3.42. The third-order valence-corrected chi connectivity index (χ3v) is 2.81. The van der Waals surface area contributed by atoms with Crippen molar-refractivity contribution in [2.45, 2.75) is 31.2 Å². The molecule has 120 valence electrons. The van der Waals surface area contributed by atoms with Gasteiger partial charge in [-0.25, -0.2) is 4.39 Å². The van der Waals surface area contributed by atoms with Crippen molar-refractivity contribution >= 4 is 0 Å². The molecule has 0 aliphatic carbocycles. The number of aliphatic hydroxyl groups excluding tert-OH is 1. The zero-order chi connectivity index (χ0) is 16.4. The highest BCUT2D eigenvalue weighted by Gasteiger charge is 2.40. The Bertz CT molecular complexity index is 496. The number of hydrogen-bond acceptors (Lipinski definition) is 2. The van der Waals surface area contributed by atoms with E-state index in [9.17, 15) is 30.7 Å². The van der Waals surface area contributed by atoms with Crippen LogP contribution in [0.2, 0.25) is 0 Å². The van der Waals surface area contributed by atoms with E-state index in [1.54, 1.807) is 0 Å². The SMILES string of the molecule is N[C@@H](CCCO)c1c(F)cc(C(F)(F)F)cc1C(F)(F)F. The first-order chi connectivity index (χ1) is 9.48. The van der Waals surface area contributed by atoms with Crippen molar-refractivity contribution in [3.8, 4) is 0 Å². The lowest BCUT2D eigenvalue weighted by Gasteiger charge is -2.21. The van der Waals surface area contributed by atoms with Crippen LogP contribution in [0, 0.1) is 5.82 Å². The van der Waals surface area contributed by atoms with Crippen molar-refractivity contribution in [1.82, 2.24) is 0 Å². The van der Waals surface area contributed by atoms with E-state index in [1.165, 1.54) is 0 Å². The van der Waals surface area contributed by atoms with Gasteiger partial charge in [0, 0.05) is 18.2 Å². The molecule has 1 aromatic rings. The Morgan fingerprint density at radius 2 is 1.62 bits per heavy atom. The highest BCUT2D eigenvalue weighted by atomic mass is 19.4. The number of hydrogen-bond donors (Lipinski definition) is 2. The van der Waals surface area contributed by atoms with Gasteiger partial charge in [-0.3, -0.25) is 0 Å². The zero-order valence-electron chi connectivity index (χ0n) is 10.5. The van der Waals surface area contributed by atoms with Gasteiger partial charge < -0.3 is 10.8 Å². The average Bonchev–Trinajstić information content (AvgIpc) is 2.32. The van der Waals surface area contributed by atoms with Crippen LogP contribution in [0.5, 0.6) is 0 Å². The molecule has 0 spiro atoms. The van der Waals surface area contributed by atoms with E-state index in [0.29, 0.717) is 0 Å². The van der Waals surface area contributed by atoms with Crippen molar-refractivity contribution in [2.75, 3.05) is 6.61 Å². The van der Waals surface area contributed by atoms with Crippen LogP contribution in [-0.2, 0) is 12.4 Å². The molecular weight excluding hydrogens is 307 g/mol. The predicted octanol–water partition coefficient (Wildman–Crippen LogP) is 3.64. The second-order valence-electron chi connectivity index (χ2n) is 4.39.